The first-order valence-electron chi connectivity index (χ1n) is 6.24. The maximum absolute atomic E-state index is 5.40. The standard InChI is InChI=1S/C14H19N3O2/c1-4-17-10-12(9-16-17)15-8-11-6-5-7-13(18-2)14(11)19-3/h5-7,9-10,15H,4,8H2,1-3H3. The Morgan fingerprint density at radius 1 is 1.26 bits per heavy atom. The SMILES string of the molecule is CCn1cc(NCc2cccc(OC)c2OC)cn1. The number of para-hydroxylation sites is 1. The monoisotopic (exact) mass is 261 g/mol. The predicted molar refractivity (Wildman–Crippen MR) is 74.8 cm³/mol. The zero-order valence-electron chi connectivity index (χ0n) is 11.5. The summed E-state index contributed by atoms with van der Waals surface area (Å²) in [7, 11) is 3.29. The van der Waals surface area contributed by atoms with Crippen LogP contribution in [0, 0.1) is 0 Å². The molecular weight excluding hydrogens is 242 g/mol. The summed E-state index contributed by atoms with van der Waals surface area (Å²) >= 11 is 0. The lowest BCUT2D eigenvalue weighted by molar-refractivity contribution is 0.352. The highest BCUT2D eigenvalue weighted by Crippen LogP contribution is 2.31. The van der Waals surface area contributed by atoms with Crippen LogP contribution in [-0.4, -0.2) is 24.0 Å². The first-order valence-corrected chi connectivity index (χ1v) is 6.24. The molecule has 0 radical (unpaired) electrons. The second-order valence-electron chi connectivity index (χ2n) is 4.09. The number of hydrogen-bond donors (Lipinski definition) is 1. The molecule has 0 unspecified atom stereocenters. The van der Waals surface area contributed by atoms with Crippen LogP contribution in [0.4, 0.5) is 5.69 Å². The first kappa shape index (κ1) is 13.3. The lowest BCUT2D eigenvalue weighted by Crippen LogP contribution is -2.02. The van der Waals surface area contributed by atoms with E-state index in [9.17, 15) is 0 Å². The fourth-order valence-corrected chi connectivity index (χ4v) is 1.92. The van der Waals surface area contributed by atoms with Gasteiger partial charge in [0.05, 0.1) is 26.1 Å². The summed E-state index contributed by atoms with van der Waals surface area (Å²) in [5.41, 5.74) is 2.04. The van der Waals surface area contributed by atoms with Crippen LogP contribution < -0.4 is 14.8 Å². The van der Waals surface area contributed by atoms with Gasteiger partial charge in [-0.15, -0.1) is 0 Å². The molecule has 5 nitrogen and oxygen atoms in total. The Balaban J connectivity index is 2.10. The van der Waals surface area contributed by atoms with E-state index in [1.54, 1.807) is 14.2 Å². The molecule has 0 spiro atoms. The smallest absolute Gasteiger partial charge is 0.165 e. The number of anilines is 1. The molecule has 5 heteroatoms. The third-order valence-corrected chi connectivity index (χ3v) is 2.92. The molecule has 0 amide bonds. The van der Waals surface area contributed by atoms with Crippen molar-refractivity contribution in [2.45, 2.75) is 20.0 Å². The molecule has 19 heavy (non-hydrogen) atoms. The van der Waals surface area contributed by atoms with E-state index in [1.807, 2.05) is 35.3 Å². The van der Waals surface area contributed by atoms with Gasteiger partial charge in [-0.2, -0.15) is 5.10 Å². The van der Waals surface area contributed by atoms with E-state index in [2.05, 4.69) is 17.3 Å². The molecule has 1 aromatic carbocycles. The van der Waals surface area contributed by atoms with Crippen molar-refractivity contribution in [3.8, 4) is 11.5 Å². The number of aryl methyl sites for hydroxylation is 1. The van der Waals surface area contributed by atoms with Crippen molar-refractivity contribution in [2.24, 2.45) is 0 Å². The third kappa shape index (κ3) is 2.99. The van der Waals surface area contributed by atoms with Gasteiger partial charge in [0, 0.05) is 24.8 Å². The molecule has 0 fully saturated rings. The number of ether oxygens (including phenoxy) is 2. The van der Waals surface area contributed by atoms with Gasteiger partial charge in [-0.1, -0.05) is 12.1 Å². The van der Waals surface area contributed by atoms with Gasteiger partial charge < -0.3 is 14.8 Å². The first-order chi connectivity index (χ1) is 9.28. The third-order valence-electron chi connectivity index (χ3n) is 2.92. The summed E-state index contributed by atoms with van der Waals surface area (Å²) in [4.78, 5) is 0. The second kappa shape index (κ2) is 6.13. The lowest BCUT2D eigenvalue weighted by atomic mass is 10.2. The van der Waals surface area contributed by atoms with Crippen LogP contribution in [0.25, 0.3) is 0 Å². The molecule has 2 rings (SSSR count). The Morgan fingerprint density at radius 2 is 2.11 bits per heavy atom. The van der Waals surface area contributed by atoms with E-state index >= 15 is 0 Å². The molecule has 2 aromatic rings. The number of rotatable bonds is 6. The van der Waals surface area contributed by atoms with E-state index in [0.29, 0.717) is 6.54 Å². The molecule has 102 valence electrons. The van der Waals surface area contributed by atoms with Crippen LogP contribution >= 0.6 is 0 Å². The summed E-state index contributed by atoms with van der Waals surface area (Å²) in [6.45, 7) is 3.59. The van der Waals surface area contributed by atoms with Crippen LogP contribution in [0.1, 0.15) is 12.5 Å². The van der Waals surface area contributed by atoms with E-state index in [4.69, 9.17) is 9.47 Å². The van der Waals surface area contributed by atoms with Crippen molar-refractivity contribution in [1.82, 2.24) is 9.78 Å². The van der Waals surface area contributed by atoms with Crippen molar-refractivity contribution in [1.29, 1.82) is 0 Å². The minimum atomic E-state index is 0.662. The molecule has 0 aliphatic heterocycles. The molecule has 1 N–H and O–H groups in total. The van der Waals surface area contributed by atoms with E-state index in [1.165, 1.54) is 0 Å². The number of methoxy groups -OCH3 is 2. The van der Waals surface area contributed by atoms with E-state index in [0.717, 1.165) is 29.3 Å². The van der Waals surface area contributed by atoms with E-state index < -0.39 is 0 Å². The maximum atomic E-state index is 5.40. The average molecular weight is 261 g/mol. The van der Waals surface area contributed by atoms with Gasteiger partial charge in [0.1, 0.15) is 0 Å². The predicted octanol–water partition coefficient (Wildman–Crippen LogP) is 2.53. The minimum absolute atomic E-state index is 0.662. The van der Waals surface area contributed by atoms with Gasteiger partial charge >= 0.3 is 0 Å². The maximum Gasteiger partial charge on any atom is 0.165 e. The Labute approximate surface area is 113 Å². The van der Waals surface area contributed by atoms with Crippen molar-refractivity contribution < 1.29 is 9.47 Å². The Hall–Kier alpha value is -2.17. The number of benzene rings is 1. The zero-order valence-corrected chi connectivity index (χ0v) is 11.5. The van der Waals surface area contributed by atoms with Gasteiger partial charge in [0.15, 0.2) is 11.5 Å². The highest BCUT2D eigenvalue weighted by molar-refractivity contribution is 5.49. The summed E-state index contributed by atoms with van der Waals surface area (Å²) in [5, 5.41) is 7.54. The highest BCUT2D eigenvalue weighted by Gasteiger charge is 2.09. The van der Waals surface area contributed by atoms with Crippen LogP contribution in [0.2, 0.25) is 0 Å². The lowest BCUT2D eigenvalue weighted by Gasteiger charge is -2.12. The number of aromatic nitrogens is 2. The normalized spacial score (nSPS) is 10.3. The van der Waals surface area contributed by atoms with Crippen LogP contribution in [0.5, 0.6) is 11.5 Å². The topological polar surface area (TPSA) is 48.3 Å². The number of nitrogens with zero attached hydrogens (tertiary/aromatic N) is 2. The number of nitrogens with one attached hydrogen (secondary N) is 1. The fraction of sp³-hybridized carbons (Fsp3) is 0.357. The fourth-order valence-electron chi connectivity index (χ4n) is 1.92. The largest absolute Gasteiger partial charge is 0.493 e. The van der Waals surface area contributed by atoms with Crippen LogP contribution in [0.3, 0.4) is 0 Å². The molecule has 0 aliphatic rings. The molecule has 0 saturated carbocycles. The van der Waals surface area contributed by atoms with E-state index in [-0.39, 0.29) is 0 Å². The zero-order chi connectivity index (χ0) is 13.7. The van der Waals surface area contributed by atoms with Gasteiger partial charge in [-0.3, -0.25) is 4.68 Å². The van der Waals surface area contributed by atoms with Crippen LogP contribution in [0.15, 0.2) is 30.6 Å². The van der Waals surface area contributed by atoms with Crippen molar-refractivity contribution in [3.05, 3.63) is 36.2 Å². The highest BCUT2D eigenvalue weighted by atomic mass is 16.5. The molecule has 1 aromatic heterocycles. The average Bonchev–Trinajstić information content (AvgIpc) is 2.92. The van der Waals surface area contributed by atoms with Gasteiger partial charge in [-0.05, 0) is 13.0 Å². The summed E-state index contributed by atoms with van der Waals surface area (Å²) < 4.78 is 12.6. The Bertz CT molecular complexity index is 537. The minimum Gasteiger partial charge on any atom is -0.493 e. The molecule has 0 atom stereocenters. The quantitative estimate of drug-likeness (QED) is 0.868. The molecule has 0 bridgehead atoms. The van der Waals surface area contributed by atoms with Gasteiger partial charge in [0.25, 0.3) is 0 Å². The van der Waals surface area contributed by atoms with Crippen molar-refractivity contribution in [2.75, 3.05) is 19.5 Å². The molecule has 0 saturated heterocycles. The number of hydrogen-bond acceptors (Lipinski definition) is 4. The van der Waals surface area contributed by atoms with Gasteiger partial charge in [0.2, 0.25) is 0 Å². The van der Waals surface area contributed by atoms with Crippen LogP contribution in [-0.2, 0) is 13.1 Å². The summed E-state index contributed by atoms with van der Waals surface area (Å²) in [5.74, 6) is 1.51. The summed E-state index contributed by atoms with van der Waals surface area (Å²) in [6.07, 6.45) is 3.79. The molecular formula is C14H19N3O2. The molecule has 0 aliphatic carbocycles. The van der Waals surface area contributed by atoms with Crippen molar-refractivity contribution in [3.63, 3.8) is 0 Å². The van der Waals surface area contributed by atoms with Gasteiger partial charge in [-0.25, -0.2) is 0 Å². The summed E-state index contributed by atoms with van der Waals surface area (Å²) in [6, 6.07) is 5.85. The second-order valence-corrected chi connectivity index (χ2v) is 4.09. The molecule has 1 heterocycles. The Morgan fingerprint density at radius 3 is 2.74 bits per heavy atom. The van der Waals surface area contributed by atoms with Crippen molar-refractivity contribution >= 4 is 5.69 Å². The Kier molecular flexibility index (Phi) is 4.28.